The molecule has 3 heteroatoms. The number of hydrogen-bond donors (Lipinski definition) is 1. The molecule has 0 heterocycles. The highest BCUT2D eigenvalue weighted by molar-refractivity contribution is 6.34. The van der Waals surface area contributed by atoms with Crippen molar-refractivity contribution in [2.24, 2.45) is 5.73 Å². The van der Waals surface area contributed by atoms with Gasteiger partial charge in [-0.1, -0.05) is 43.0 Å². The molecule has 0 saturated carbocycles. The maximum absolute atomic E-state index is 6.00. The Labute approximate surface area is 95.2 Å². The van der Waals surface area contributed by atoms with Gasteiger partial charge in [-0.15, -0.1) is 0 Å². The Kier molecular flexibility index (Phi) is 4.73. The van der Waals surface area contributed by atoms with E-state index in [0.29, 0.717) is 10.0 Å². The predicted molar refractivity (Wildman–Crippen MR) is 62.9 cm³/mol. The van der Waals surface area contributed by atoms with Crippen LogP contribution in [0.2, 0.25) is 10.0 Å². The van der Waals surface area contributed by atoms with Crippen molar-refractivity contribution in [2.45, 2.75) is 32.2 Å². The van der Waals surface area contributed by atoms with E-state index in [1.165, 1.54) is 0 Å². The molecule has 0 aliphatic carbocycles. The largest absolute Gasteiger partial charge is 0.324 e. The van der Waals surface area contributed by atoms with Crippen LogP contribution in [0.1, 0.15) is 37.8 Å². The predicted octanol–water partition coefficient (Wildman–Crippen LogP) is 4.18. The number of nitrogens with two attached hydrogens (primary N) is 1. The van der Waals surface area contributed by atoms with E-state index in [-0.39, 0.29) is 6.04 Å². The molecule has 1 atom stereocenters. The zero-order chi connectivity index (χ0) is 10.6. The fourth-order valence-corrected chi connectivity index (χ4v) is 1.92. The topological polar surface area (TPSA) is 26.0 Å². The first-order chi connectivity index (χ1) is 6.63. The highest BCUT2D eigenvalue weighted by Gasteiger charge is 2.06. The van der Waals surface area contributed by atoms with Crippen molar-refractivity contribution < 1.29 is 0 Å². The smallest absolute Gasteiger partial charge is 0.0424 e. The molecular weight excluding hydrogens is 217 g/mol. The Morgan fingerprint density at radius 3 is 2.29 bits per heavy atom. The third-order valence-corrected chi connectivity index (χ3v) is 2.62. The molecule has 14 heavy (non-hydrogen) atoms. The van der Waals surface area contributed by atoms with E-state index in [4.69, 9.17) is 28.9 Å². The lowest BCUT2D eigenvalue weighted by Gasteiger charge is -2.12. The lowest BCUT2D eigenvalue weighted by Crippen LogP contribution is -2.09. The Morgan fingerprint density at radius 1 is 1.21 bits per heavy atom. The van der Waals surface area contributed by atoms with Gasteiger partial charge in [0.2, 0.25) is 0 Å². The minimum Gasteiger partial charge on any atom is -0.324 e. The van der Waals surface area contributed by atoms with Crippen LogP contribution in [0.3, 0.4) is 0 Å². The fourth-order valence-electron chi connectivity index (χ4n) is 1.38. The first-order valence-electron chi connectivity index (χ1n) is 4.85. The van der Waals surface area contributed by atoms with Crippen LogP contribution in [0.4, 0.5) is 0 Å². The van der Waals surface area contributed by atoms with E-state index >= 15 is 0 Å². The number of hydrogen-bond acceptors (Lipinski definition) is 1. The molecule has 1 aromatic rings. The maximum Gasteiger partial charge on any atom is 0.0424 e. The molecule has 0 unspecified atom stereocenters. The second-order valence-corrected chi connectivity index (χ2v) is 4.32. The summed E-state index contributed by atoms with van der Waals surface area (Å²) in [5.41, 5.74) is 7.03. The fraction of sp³-hybridized carbons (Fsp3) is 0.455. The summed E-state index contributed by atoms with van der Waals surface area (Å²) >= 11 is 11.8. The quantitative estimate of drug-likeness (QED) is 0.827. The van der Waals surface area contributed by atoms with Gasteiger partial charge in [0.1, 0.15) is 0 Å². The SMILES string of the molecule is CCCC[C@H](N)c1cc(Cl)cc(Cl)c1. The van der Waals surface area contributed by atoms with E-state index in [2.05, 4.69) is 6.92 Å². The summed E-state index contributed by atoms with van der Waals surface area (Å²) < 4.78 is 0. The van der Waals surface area contributed by atoms with E-state index in [9.17, 15) is 0 Å². The van der Waals surface area contributed by atoms with Crippen molar-refractivity contribution in [3.8, 4) is 0 Å². The maximum atomic E-state index is 6.00. The zero-order valence-electron chi connectivity index (χ0n) is 8.26. The van der Waals surface area contributed by atoms with Gasteiger partial charge in [0.05, 0.1) is 0 Å². The Bertz CT molecular complexity index is 279. The van der Waals surface area contributed by atoms with Crippen LogP contribution in [0.25, 0.3) is 0 Å². The van der Waals surface area contributed by atoms with E-state index < -0.39 is 0 Å². The normalized spacial score (nSPS) is 12.9. The van der Waals surface area contributed by atoms with Gasteiger partial charge in [0.15, 0.2) is 0 Å². The average Bonchev–Trinajstić information content (AvgIpc) is 2.12. The molecule has 1 nitrogen and oxygen atoms in total. The van der Waals surface area contributed by atoms with Crippen LogP contribution >= 0.6 is 23.2 Å². The zero-order valence-corrected chi connectivity index (χ0v) is 9.78. The number of rotatable bonds is 4. The molecular formula is C11H15Cl2N. The highest BCUT2D eigenvalue weighted by atomic mass is 35.5. The first-order valence-corrected chi connectivity index (χ1v) is 5.60. The van der Waals surface area contributed by atoms with Crippen LogP contribution in [0, 0.1) is 0 Å². The van der Waals surface area contributed by atoms with Crippen molar-refractivity contribution in [2.75, 3.05) is 0 Å². The second kappa shape index (κ2) is 5.59. The molecule has 0 radical (unpaired) electrons. The molecule has 0 fully saturated rings. The van der Waals surface area contributed by atoms with Crippen molar-refractivity contribution in [1.82, 2.24) is 0 Å². The molecule has 78 valence electrons. The third kappa shape index (κ3) is 3.49. The van der Waals surface area contributed by atoms with Crippen LogP contribution in [0.15, 0.2) is 18.2 Å². The van der Waals surface area contributed by atoms with Crippen molar-refractivity contribution in [3.05, 3.63) is 33.8 Å². The van der Waals surface area contributed by atoms with Crippen LogP contribution < -0.4 is 5.73 Å². The van der Waals surface area contributed by atoms with Gasteiger partial charge < -0.3 is 5.73 Å². The Balaban J connectivity index is 2.73. The number of halogens is 2. The molecule has 0 spiro atoms. The molecule has 1 rings (SSSR count). The third-order valence-electron chi connectivity index (χ3n) is 2.18. The Hall–Kier alpha value is -0.240. The van der Waals surface area contributed by atoms with Gasteiger partial charge in [-0.25, -0.2) is 0 Å². The Morgan fingerprint density at radius 2 is 1.79 bits per heavy atom. The molecule has 1 aromatic carbocycles. The molecule has 0 aliphatic heterocycles. The van der Waals surface area contributed by atoms with Crippen molar-refractivity contribution in [3.63, 3.8) is 0 Å². The average molecular weight is 232 g/mol. The van der Waals surface area contributed by atoms with Crippen LogP contribution in [-0.2, 0) is 0 Å². The van der Waals surface area contributed by atoms with Gasteiger partial charge in [-0.2, -0.15) is 0 Å². The van der Waals surface area contributed by atoms with Gasteiger partial charge in [-0.05, 0) is 30.2 Å². The molecule has 0 saturated heterocycles. The van der Waals surface area contributed by atoms with Gasteiger partial charge in [0, 0.05) is 16.1 Å². The summed E-state index contributed by atoms with van der Waals surface area (Å²) in [5.74, 6) is 0. The monoisotopic (exact) mass is 231 g/mol. The molecule has 0 amide bonds. The summed E-state index contributed by atoms with van der Waals surface area (Å²) in [7, 11) is 0. The summed E-state index contributed by atoms with van der Waals surface area (Å²) in [5, 5.41) is 1.30. The second-order valence-electron chi connectivity index (χ2n) is 3.45. The van der Waals surface area contributed by atoms with Crippen LogP contribution in [0.5, 0.6) is 0 Å². The summed E-state index contributed by atoms with van der Waals surface area (Å²) in [6.07, 6.45) is 3.26. The van der Waals surface area contributed by atoms with Gasteiger partial charge in [0.25, 0.3) is 0 Å². The van der Waals surface area contributed by atoms with E-state index in [0.717, 1.165) is 24.8 Å². The van der Waals surface area contributed by atoms with Gasteiger partial charge >= 0.3 is 0 Å². The van der Waals surface area contributed by atoms with Gasteiger partial charge in [-0.3, -0.25) is 0 Å². The van der Waals surface area contributed by atoms with E-state index in [1.54, 1.807) is 6.07 Å². The molecule has 0 aromatic heterocycles. The lowest BCUT2D eigenvalue weighted by molar-refractivity contribution is 0.603. The standard InChI is InChI=1S/C11H15Cl2N/c1-2-3-4-11(14)8-5-9(12)7-10(13)6-8/h5-7,11H,2-4,14H2,1H3/t11-/m0/s1. The number of benzene rings is 1. The van der Waals surface area contributed by atoms with Crippen molar-refractivity contribution >= 4 is 23.2 Å². The number of unbranched alkanes of at least 4 members (excludes halogenated alkanes) is 1. The van der Waals surface area contributed by atoms with Crippen molar-refractivity contribution in [1.29, 1.82) is 0 Å². The first kappa shape index (κ1) is 11.8. The summed E-state index contributed by atoms with van der Waals surface area (Å²) in [6, 6.07) is 5.53. The highest BCUT2D eigenvalue weighted by Crippen LogP contribution is 2.24. The minimum absolute atomic E-state index is 0.0474. The molecule has 0 bridgehead atoms. The lowest BCUT2D eigenvalue weighted by atomic mass is 10.0. The minimum atomic E-state index is 0.0474. The van der Waals surface area contributed by atoms with Crippen LogP contribution in [-0.4, -0.2) is 0 Å². The van der Waals surface area contributed by atoms with E-state index in [1.807, 2.05) is 12.1 Å². The summed E-state index contributed by atoms with van der Waals surface area (Å²) in [6.45, 7) is 2.15. The molecule has 0 aliphatic rings. The molecule has 2 N–H and O–H groups in total. The summed E-state index contributed by atoms with van der Waals surface area (Å²) in [4.78, 5) is 0.